The van der Waals surface area contributed by atoms with Crippen LogP contribution in [0.25, 0.3) is 0 Å². The molecule has 0 aromatic carbocycles. The van der Waals surface area contributed by atoms with Crippen LogP contribution in [-0.2, 0) is 0 Å². The minimum Gasteiger partial charge on any atom is -0.393 e. The first kappa shape index (κ1) is 24.4. The lowest BCUT2D eigenvalue weighted by molar-refractivity contribution is 0.124. The number of aliphatic hydroxyl groups is 2. The molecule has 0 spiro atoms. The lowest BCUT2D eigenvalue weighted by atomic mass is 9.62. The highest BCUT2D eigenvalue weighted by Crippen LogP contribution is 2.58. The second kappa shape index (κ2) is 11.5. The highest BCUT2D eigenvalue weighted by Gasteiger charge is 2.48. The third-order valence-electron chi connectivity index (χ3n) is 7.81. The van der Waals surface area contributed by atoms with Gasteiger partial charge in [0.2, 0.25) is 0 Å². The zero-order chi connectivity index (χ0) is 21.4. The summed E-state index contributed by atoms with van der Waals surface area (Å²) >= 11 is 0. The summed E-state index contributed by atoms with van der Waals surface area (Å²) in [5.74, 6) is 1.61. The van der Waals surface area contributed by atoms with E-state index in [0.717, 1.165) is 49.5 Å². The van der Waals surface area contributed by atoms with Crippen LogP contribution in [0.5, 0.6) is 0 Å². The second-order valence-electron chi connectivity index (χ2n) is 9.76. The van der Waals surface area contributed by atoms with Crippen molar-refractivity contribution in [1.82, 2.24) is 0 Å². The van der Waals surface area contributed by atoms with E-state index in [9.17, 15) is 10.2 Å². The molecule has 166 valence electrons. The van der Waals surface area contributed by atoms with E-state index in [4.69, 9.17) is 0 Å². The van der Waals surface area contributed by atoms with Crippen molar-refractivity contribution in [3.05, 3.63) is 35.5 Å². The number of allylic oxidation sites excluding steroid dienone is 3. The summed E-state index contributed by atoms with van der Waals surface area (Å²) in [6.07, 6.45) is 18.4. The van der Waals surface area contributed by atoms with Gasteiger partial charge in [-0.25, -0.2) is 0 Å². The Morgan fingerprint density at radius 1 is 1.14 bits per heavy atom. The quantitative estimate of drug-likeness (QED) is 0.366. The summed E-state index contributed by atoms with van der Waals surface area (Å²) in [4.78, 5) is 0. The Morgan fingerprint density at radius 3 is 2.59 bits per heavy atom. The van der Waals surface area contributed by atoms with E-state index in [1.165, 1.54) is 50.5 Å². The van der Waals surface area contributed by atoms with E-state index in [0.29, 0.717) is 5.41 Å². The summed E-state index contributed by atoms with van der Waals surface area (Å²) in [5.41, 5.74) is 4.54. The Morgan fingerprint density at radius 2 is 1.90 bits per heavy atom. The van der Waals surface area contributed by atoms with Crippen LogP contribution >= 0.6 is 0 Å². The number of aliphatic hydroxyl groups excluding tert-OH is 2. The molecule has 0 aliphatic heterocycles. The van der Waals surface area contributed by atoms with Crippen molar-refractivity contribution >= 4 is 0 Å². The minimum atomic E-state index is -0.336. The number of rotatable bonds is 6. The van der Waals surface area contributed by atoms with E-state index >= 15 is 0 Å². The molecule has 5 atom stereocenters. The van der Waals surface area contributed by atoms with Gasteiger partial charge >= 0.3 is 0 Å². The molecule has 0 heterocycles. The van der Waals surface area contributed by atoms with Crippen molar-refractivity contribution in [2.75, 3.05) is 0 Å². The first-order valence-electron chi connectivity index (χ1n) is 12.3. The number of hydrogen-bond donors (Lipinski definition) is 2. The fourth-order valence-corrected chi connectivity index (χ4v) is 6.01. The molecule has 0 amide bonds. The van der Waals surface area contributed by atoms with Crippen molar-refractivity contribution in [2.45, 2.75) is 117 Å². The maximum Gasteiger partial charge on any atom is 0.0784 e. The van der Waals surface area contributed by atoms with Crippen LogP contribution in [0.1, 0.15) is 105 Å². The van der Waals surface area contributed by atoms with Gasteiger partial charge in [0, 0.05) is 0 Å². The van der Waals surface area contributed by atoms with Gasteiger partial charge in [-0.3, -0.25) is 0 Å². The summed E-state index contributed by atoms with van der Waals surface area (Å²) < 4.78 is 0. The SMILES string of the molecule is C=C1CC/C(=C/C=C2\CCCC3(C)C(CCCCC(C)O)CCC23)CC1O.CC. The van der Waals surface area contributed by atoms with E-state index in [1.54, 1.807) is 5.57 Å². The van der Waals surface area contributed by atoms with Crippen LogP contribution < -0.4 is 0 Å². The molecule has 3 aliphatic rings. The molecule has 0 aromatic heterocycles. The average Bonchev–Trinajstić information content (AvgIpc) is 3.04. The summed E-state index contributed by atoms with van der Waals surface area (Å²) in [6.45, 7) is 12.4. The monoisotopic (exact) mass is 402 g/mol. The second-order valence-corrected chi connectivity index (χ2v) is 9.76. The zero-order valence-electron chi connectivity index (χ0n) is 19.6. The van der Waals surface area contributed by atoms with Crippen molar-refractivity contribution in [2.24, 2.45) is 17.3 Å². The van der Waals surface area contributed by atoms with Crippen molar-refractivity contribution in [3.8, 4) is 0 Å². The molecule has 2 N–H and O–H groups in total. The van der Waals surface area contributed by atoms with E-state index in [-0.39, 0.29) is 12.2 Å². The molecule has 2 heteroatoms. The van der Waals surface area contributed by atoms with E-state index in [2.05, 4.69) is 25.7 Å². The average molecular weight is 403 g/mol. The largest absolute Gasteiger partial charge is 0.393 e. The number of unbranched alkanes of at least 4 members (excludes halogenated alkanes) is 1. The molecule has 5 unspecified atom stereocenters. The van der Waals surface area contributed by atoms with Crippen LogP contribution in [0.3, 0.4) is 0 Å². The van der Waals surface area contributed by atoms with Crippen LogP contribution in [0.2, 0.25) is 0 Å². The third-order valence-corrected chi connectivity index (χ3v) is 7.81. The predicted molar refractivity (Wildman–Crippen MR) is 125 cm³/mol. The van der Waals surface area contributed by atoms with Crippen LogP contribution in [0.15, 0.2) is 35.5 Å². The smallest absolute Gasteiger partial charge is 0.0784 e. The molecule has 29 heavy (non-hydrogen) atoms. The Bertz CT molecular complexity index is 585. The molecular weight excluding hydrogens is 356 g/mol. The molecule has 3 rings (SSSR count). The maximum absolute atomic E-state index is 10.1. The Kier molecular flexibility index (Phi) is 9.69. The number of fused-ring (bicyclic) bond motifs is 1. The van der Waals surface area contributed by atoms with Gasteiger partial charge in [-0.05, 0) is 94.0 Å². The molecular formula is C27H46O2. The zero-order valence-corrected chi connectivity index (χ0v) is 19.6. The van der Waals surface area contributed by atoms with Gasteiger partial charge in [-0.2, -0.15) is 0 Å². The highest BCUT2D eigenvalue weighted by molar-refractivity contribution is 5.27. The van der Waals surface area contributed by atoms with Gasteiger partial charge in [0.05, 0.1) is 12.2 Å². The lowest BCUT2D eigenvalue weighted by Gasteiger charge is -2.42. The van der Waals surface area contributed by atoms with Crippen molar-refractivity contribution in [1.29, 1.82) is 0 Å². The van der Waals surface area contributed by atoms with Crippen LogP contribution in [-0.4, -0.2) is 22.4 Å². The van der Waals surface area contributed by atoms with Gasteiger partial charge in [0.1, 0.15) is 0 Å². The minimum absolute atomic E-state index is 0.148. The number of hydrogen-bond acceptors (Lipinski definition) is 2. The molecule has 0 radical (unpaired) electrons. The Labute approximate surface area is 180 Å². The fourth-order valence-electron chi connectivity index (χ4n) is 6.01. The standard InChI is InChI=1S/C25H40O2.C2H6/c1-18-10-11-20(17-24(18)27)12-13-21-8-6-16-25(3)22(14-15-23(21)25)9-5-4-7-19(2)26;1-2/h12-13,19,22-24,26-27H,1,4-11,14-17H2,2-3H3;1-2H3/b20-12-,21-13+;. The van der Waals surface area contributed by atoms with Crippen molar-refractivity contribution < 1.29 is 10.2 Å². The molecule has 3 aliphatic carbocycles. The molecule has 0 bridgehead atoms. The Hall–Kier alpha value is -0.860. The summed E-state index contributed by atoms with van der Waals surface area (Å²) in [7, 11) is 0. The first-order valence-corrected chi connectivity index (χ1v) is 12.3. The van der Waals surface area contributed by atoms with Gasteiger partial charge in [0.15, 0.2) is 0 Å². The first-order chi connectivity index (χ1) is 13.9. The molecule has 3 fully saturated rings. The topological polar surface area (TPSA) is 40.5 Å². The van der Waals surface area contributed by atoms with Crippen LogP contribution in [0.4, 0.5) is 0 Å². The van der Waals surface area contributed by atoms with Gasteiger partial charge in [-0.1, -0.05) is 63.5 Å². The highest BCUT2D eigenvalue weighted by atomic mass is 16.3. The fraction of sp³-hybridized carbons (Fsp3) is 0.778. The van der Waals surface area contributed by atoms with Crippen LogP contribution in [0, 0.1) is 17.3 Å². The maximum atomic E-state index is 10.1. The Balaban J connectivity index is 0.00000145. The normalized spacial score (nSPS) is 35.9. The van der Waals surface area contributed by atoms with E-state index < -0.39 is 0 Å². The molecule has 0 saturated heterocycles. The summed E-state index contributed by atoms with van der Waals surface area (Å²) in [6, 6.07) is 0. The third kappa shape index (κ3) is 6.31. The van der Waals surface area contributed by atoms with Gasteiger partial charge < -0.3 is 10.2 Å². The van der Waals surface area contributed by atoms with Crippen molar-refractivity contribution in [3.63, 3.8) is 0 Å². The van der Waals surface area contributed by atoms with Gasteiger partial charge in [-0.15, -0.1) is 0 Å². The predicted octanol–water partition coefficient (Wildman–Crippen LogP) is 7.12. The summed E-state index contributed by atoms with van der Waals surface area (Å²) in [5, 5.41) is 19.6. The van der Waals surface area contributed by atoms with E-state index in [1.807, 2.05) is 20.8 Å². The van der Waals surface area contributed by atoms with Gasteiger partial charge in [0.25, 0.3) is 0 Å². The molecule has 2 nitrogen and oxygen atoms in total. The lowest BCUT2D eigenvalue weighted by Crippen LogP contribution is -2.33. The molecule has 3 saturated carbocycles. The molecule has 0 aromatic rings.